The van der Waals surface area contributed by atoms with E-state index in [-0.39, 0.29) is 12.4 Å². The summed E-state index contributed by atoms with van der Waals surface area (Å²) in [4.78, 5) is 14.9. The molecule has 0 amide bonds. The molecular weight excluding hydrogens is 264 g/mol. The molecular formula is C10H12N8O2. The van der Waals surface area contributed by atoms with E-state index < -0.39 is 18.4 Å². The second-order valence-corrected chi connectivity index (χ2v) is 4.40. The molecule has 1 aliphatic heterocycles. The Morgan fingerprint density at radius 1 is 1.55 bits per heavy atom. The van der Waals surface area contributed by atoms with Gasteiger partial charge < -0.3 is 15.6 Å². The molecule has 0 aliphatic carbocycles. The smallest absolute Gasteiger partial charge is 0.167 e. The minimum atomic E-state index is -0.535. The Balaban J connectivity index is 1.96. The van der Waals surface area contributed by atoms with Crippen LogP contribution in [0, 0.1) is 0 Å². The highest BCUT2D eigenvalue weighted by molar-refractivity contribution is 5.81. The molecule has 0 radical (unpaired) electrons. The van der Waals surface area contributed by atoms with Gasteiger partial charge in [0.25, 0.3) is 0 Å². The number of nitrogens with two attached hydrogens (primary N) is 1. The van der Waals surface area contributed by atoms with E-state index in [1.54, 1.807) is 10.9 Å². The Bertz CT molecular complexity index is 679. The third-order valence-electron chi connectivity index (χ3n) is 3.28. The average molecular weight is 276 g/mol. The predicted molar refractivity (Wildman–Crippen MR) is 68.3 cm³/mol. The third-order valence-corrected chi connectivity index (χ3v) is 3.28. The zero-order valence-corrected chi connectivity index (χ0v) is 10.4. The van der Waals surface area contributed by atoms with Gasteiger partial charge in [-0.1, -0.05) is 5.11 Å². The zero-order valence-electron chi connectivity index (χ0n) is 10.4. The molecule has 1 aliphatic rings. The van der Waals surface area contributed by atoms with Crippen molar-refractivity contribution in [2.24, 2.45) is 5.11 Å². The maximum Gasteiger partial charge on any atom is 0.167 e. The van der Waals surface area contributed by atoms with Crippen LogP contribution in [-0.2, 0) is 4.74 Å². The molecule has 0 aromatic carbocycles. The highest BCUT2D eigenvalue weighted by atomic mass is 16.5. The summed E-state index contributed by atoms with van der Waals surface area (Å²) in [6.45, 7) is -0.218. The van der Waals surface area contributed by atoms with Gasteiger partial charge in [0.1, 0.15) is 18.1 Å². The molecule has 10 heteroatoms. The number of nitrogens with zero attached hydrogens (tertiary/aromatic N) is 7. The second-order valence-electron chi connectivity index (χ2n) is 4.40. The molecule has 1 unspecified atom stereocenters. The van der Waals surface area contributed by atoms with Gasteiger partial charge in [-0.3, -0.25) is 4.57 Å². The number of aromatic nitrogens is 4. The largest absolute Gasteiger partial charge is 0.394 e. The maximum absolute atomic E-state index is 9.26. The standard InChI is InChI=1S/C10H12N8O2/c11-9-8-10(14-3-13-9)18(4-15-8)7-1-5(16-17-12)6(2-19)20-7/h3-7,19H,1-2H2,(H2,11,13,14)/t5?,6-,7-/m1/s1. The summed E-state index contributed by atoms with van der Waals surface area (Å²) in [5.74, 6) is 0.289. The molecule has 0 saturated carbocycles. The summed E-state index contributed by atoms with van der Waals surface area (Å²) < 4.78 is 7.37. The first-order chi connectivity index (χ1) is 9.74. The van der Waals surface area contributed by atoms with E-state index >= 15 is 0 Å². The van der Waals surface area contributed by atoms with E-state index in [9.17, 15) is 5.11 Å². The number of hydrogen-bond acceptors (Lipinski definition) is 7. The summed E-state index contributed by atoms with van der Waals surface area (Å²) >= 11 is 0. The first kappa shape index (κ1) is 12.6. The Labute approximate surface area is 112 Å². The number of imidazole rings is 1. The van der Waals surface area contributed by atoms with Crippen molar-refractivity contribution < 1.29 is 9.84 Å². The Kier molecular flexibility index (Phi) is 3.11. The van der Waals surface area contributed by atoms with Gasteiger partial charge in [-0.25, -0.2) is 15.0 Å². The molecule has 10 nitrogen and oxygen atoms in total. The fourth-order valence-electron chi connectivity index (χ4n) is 2.32. The van der Waals surface area contributed by atoms with Gasteiger partial charge in [0, 0.05) is 11.3 Å². The van der Waals surface area contributed by atoms with Gasteiger partial charge in [-0.05, 0) is 5.53 Å². The molecule has 3 atom stereocenters. The third kappa shape index (κ3) is 1.92. The van der Waals surface area contributed by atoms with Gasteiger partial charge in [0.2, 0.25) is 0 Å². The molecule has 3 rings (SSSR count). The van der Waals surface area contributed by atoms with Gasteiger partial charge >= 0.3 is 0 Å². The first-order valence-corrected chi connectivity index (χ1v) is 5.98. The van der Waals surface area contributed by atoms with Crippen LogP contribution in [0.25, 0.3) is 21.6 Å². The lowest BCUT2D eigenvalue weighted by Crippen LogP contribution is -2.22. The molecule has 0 spiro atoms. The summed E-state index contributed by atoms with van der Waals surface area (Å²) in [7, 11) is 0. The van der Waals surface area contributed by atoms with Crippen LogP contribution in [0.2, 0.25) is 0 Å². The number of aliphatic hydroxyl groups excluding tert-OH is 1. The van der Waals surface area contributed by atoms with Crippen LogP contribution in [0.1, 0.15) is 12.6 Å². The molecule has 3 heterocycles. The van der Waals surface area contributed by atoms with E-state index in [0.29, 0.717) is 17.6 Å². The zero-order chi connectivity index (χ0) is 14.1. The van der Waals surface area contributed by atoms with Crippen molar-refractivity contribution in [2.45, 2.75) is 24.8 Å². The maximum atomic E-state index is 9.26. The van der Waals surface area contributed by atoms with Crippen molar-refractivity contribution in [1.82, 2.24) is 19.5 Å². The highest BCUT2D eigenvalue weighted by Crippen LogP contribution is 2.32. The number of nitrogen functional groups attached to an aromatic ring is 1. The van der Waals surface area contributed by atoms with Crippen molar-refractivity contribution in [2.75, 3.05) is 12.3 Å². The van der Waals surface area contributed by atoms with Crippen LogP contribution in [0.15, 0.2) is 17.8 Å². The Morgan fingerprint density at radius 3 is 3.15 bits per heavy atom. The number of anilines is 1. The van der Waals surface area contributed by atoms with Crippen LogP contribution in [0.4, 0.5) is 5.82 Å². The number of ether oxygens (including phenoxy) is 1. The molecule has 0 bridgehead atoms. The molecule has 2 aromatic rings. The van der Waals surface area contributed by atoms with Crippen molar-refractivity contribution in [3.8, 4) is 0 Å². The van der Waals surface area contributed by atoms with Crippen molar-refractivity contribution in [3.05, 3.63) is 23.1 Å². The molecule has 1 saturated heterocycles. The number of aliphatic hydroxyl groups is 1. The van der Waals surface area contributed by atoms with Crippen LogP contribution in [-0.4, -0.2) is 43.4 Å². The number of fused-ring (bicyclic) bond motifs is 1. The quantitative estimate of drug-likeness (QED) is 0.470. The average Bonchev–Trinajstić information content (AvgIpc) is 3.03. The minimum Gasteiger partial charge on any atom is -0.394 e. The second kappa shape index (κ2) is 4.93. The topological polar surface area (TPSA) is 148 Å². The van der Waals surface area contributed by atoms with Crippen LogP contribution >= 0.6 is 0 Å². The predicted octanol–water partition coefficient (Wildman–Crippen LogP) is 0.367. The summed E-state index contributed by atoms with van der Waals surface area (Å²) in [5.41, 5.74) is 15.3. The van der Waals surface area contributed by atoms with Crippen molar-refractivity contribution >= 4 is 17.0 Å². The lowest BCUT2D eigenvalue weighted by Gasteiger charge is -2.13. The van der Waals surface area contributed by atoms with E-state index in [4.69, 9.17) is 16.0 Å². The number of hydrogen-bond donors (Lipinski definition) is 2. The van der Waals surface area contributed by atoms with Crippen LogP contribution in [0.5, 0.6) is 0 Å². The monoisotopic (exact) mass is 276 g/mol. The molecule has 2 aromatic heterocycles. The van der Waals surface area contributed by atoms with E-state index in [0.717, 1.165) is 0 Å². The summed E-state index contributed by atoms with van der Waals surface area (Å²) in [5, 5.41) is 12.9. The number of rotatable bonds is 3. The van der Waals surface area contributed by atoms with E-state index in [2.05, 4.69) is 25.0 Å². The first-order valence-electron chi connectivity index (χ1n) is 5.98. The Hall–Kier alpha value is -2.42. The lowest BCUT2D eigenvalue weighted by molar-refractivity contribution is -0.0233. The van der Waals surface area contributed by atoms with Crippen molar-refractivity contribution in [1.29, 1.82) is 0 Å². The fourth-order valence-corrected chi connectivity index (χ4v) is 2.32. The normalized spacial score (nSPS) is 25.8. The molecule has 104 valence electrons. The molecule has 20 heavy (non-hydrogen) atoms. The van der Waals surface area contributed by atoms with E-state index in [1.807, 2.05) is 0 Å². The van der Waals surface area contributed by atoms with Crippen LogP contribution in [0.3, 0.4) is 0 Å². The van der Waals surface area contributed by atoms with E-state index in [1.165, 1.54) is 6.33 Å². The Morgan fingerprint density at radius 2 is 2.40 bits per heavy atom. The molecule has 3 N–H and O–H groups in total. The van der Waals surface area contributed by atoms with Crippen LogP contribution < -0.4 is 5.73 Å². The number of azide groups is 1. The lowest BCUT2D eigenvalue weighted by atomic mass is 10.1. The van der Waals surface area contributed by atoms with Crippen molar-refractivity contribution in [3.63, 3.8) is 0 Å². The van der Waals surface area contributed by atoms with Gasteiger partial charge in [-0.2, -0.15) is 0 Å². The summed E-state index contributed by atoms with van der Waals surface area (Å²) in [6.07, 6.45) is 2.38. The van der Waals surface area contributed by atoms with Gasteiger partial charge in [-0.15, -0.1) is 0 Å². The van der Waals surface area contributed by atoms with Gasteiger partial charge in [0.05, 0.1) is 25.1 Å². The minimum absolute atomic E-state index is 0.218. The van der Waals surface area contributed by atoms with Gasteiger partial charge in [0.15, 0.2) is 11.5 Å². The highest BCUT2D eigenvalue weighted by Gasteiger charge is 2.36. The molecule has 1 fully saturated rings. The summed E-state index contributed by atoms with van der Waals surface area (Å²) in [6, 6.07) is -0.424. The SMILES string of the molecule is [N-]=[N+]=NC1C[C@H](n2cnc3c(N)ncnc32)O[C@@H]1CO. The fraction of sp³-hybridized carbons (Fsp3) is 0.500.